The molecule has 0 amide bonds. The number of ether oxygens (including phenoxy) is 1. The number of carbonyl (C=O) groups is 1. The van der Waals surface area contributed by atoms with Gasteiger partial charge in [0, 0.05) is 0 Å². The molecule has 0 saturated carbocycles. The molecule has 6 heteroatoms. The summed E-state index contributed by atoms with van der Waals surface area (Å²) in [6, 6.07) is 11.3. The Balaban J connectivity index is 1.81. The highest BCUT2D eigenvalue weighted by Crippen LogP contribution is 2.30. The standard InChI is InChI=1S/C16H14BrN3O2/c1-10-7-11(2)16(12(17)8-10)22-9-15(21)20-14-6-4-3-5-13(14)18-19-20/h3-8H,9H2,1-2H3. The number of nitrogens with zero attached hydrogens (tertiary/aromatic N) is 3. The molecule has 0 fully saturated rings. The monoisotopic (exact) mass is 359 g/mol. The van der Waals surface area contributed by atoms with Crippen LogP contribution in [-0.2, 0) is 0 Å². The second kappa shape index (κ2) is 5.88. The lowest BCUT2D eigenvalue weighted by molar-refractivity contribution is 0.0823. The lowest BCUT2D eigenvalue weighted by atomic mass is 10.1. The van der Waals surface area contributed by atoms with Gasteiger partial charge >= 0.3 is 0 Å². The van der Waals surface area contributed by atoms with Crippen LogP contribution in [0.15, 0.2) is 40.9 Å². The van der Waals surface area contributed by atoms with E-state index in [9.17, 15) is 4.79 Å². The Bertz CT molecular complexity index is 834. The van der Waals surface area contributed by atoms with Gasteiger partial charge in [-0.25, -0.2) is 0 Å². The van der Waals surface area contributed by atoms with Crippen LogP contribution >= 0.6 is 15.9 Å². The van der Waals surface area contributed by atoms with Gasteiger partial charge in [0.05, 0.1) is 9.99 Å². The van der Waals surface area contributed by atoms with Gasteiger partial charge in [0.1, 0.15) is 11.3 Å². The summed E-state index contributed by atoms with van der Waals surface area (Å²) in [5.74, 6) is 0.406. The van der Waals surface area contributed by atoms with Gasteiger partial charge in [-0.1, -0.05) is 23.4 Å². The summed E-state index contributed by atoms with van der Waals surface area (Å²) in [4.78, 5) is 12.3. The largest absolute Gasteiger partial charge is 0.482 e. The number of aromatic nitrogens is 3. The van der Waals surface area contributed by atoms with Crippen molar-refractivity contribution in [1.82, 2.24) is 15.0 Å². The molecule has 5 nitrogen and oxygen atoms in total. The number of rotatable bonds is 3. The van der Waals surface area contributed by atoms with Crippen molar-refractivity contribution in [1.29, 1.82) is 0 Å². The summed E-state index contributed by atoms with van der Waals surface area (Å²) < 4.78 is 7.78. The van der Waals surface area contributed by atoms with E-state index in [4.69, 9.17) is 4.74 Å². The van der Waals surface area contributed by atoms with Crippen LogP contribution in [-0.4, -0.2) is 27.5 Å². The fourth-order valence-corrected chi connectivity index (χ4v) is 3.12. The first kappa shape index (κ1) is 14.7. The maximum Gasteiger partial charge on any atom is 0.286 e. The van der Waals surface area contributed by atoms with Crippen molar-refractivity contribution in [3.8, 4) is 5.75 Å². The predicted molar refractivity (Wildman–Crippen MR) is 87.3 cm³/mol. The van der Waals surface area contributed by atoms with Crippen molar-refractivity contribution in [3.63, 3.8) is 0 Å². The van der Waals surface area contributed by atoms with Gasteiger partial charge in [0.2, 0.25) is 0 Å². The summed E-state index contributed by atoms with van der Waals surface area (Å²) in [7, 11) is 0. The summed E-state index contributed by atoms with van der Waals surface area (Å²) in [6.45, 7) is 3.85. The van der Waals surface area contributed by atoms with Crippen LogP contribution in [0.25, 0.3) is 11.0 Å². The predicted octanol–water partition coefficient (Wildman–Crippen LogP) is 3.53. The van der Waals surface area contributed by atoms with Gasteiger partial charge in [-0.15, -0.1) is 5.10 Å². The van der Waals surface area contributed by atoms with E-state index in [-0.39, 0.29) is 12.5 Å². The van der Waals surface area contributed by atoms with Crippen LogP contribution < -0.4 is 4.74 Å². The van der Waals surface area contributed by atoms with Gasteiger partial charge in [-0.05, 0) is 59.1 Å². The third-order valence-corrected chi connectivity index (χ3v) is 3.89. The number of benzene rings is 2. The number of aryl methyl sites for hydroxylation is 2. The Hall–Kier alpha value is -2.21. The average Bonchev–Trinajstić information content (AvgIpc) is 2.90. The molecule has 0 atom stereocenters. The average molecular weight is 360 g/mol. The molecular formula is C16H14BrN3O2. The summed E-state index contributed by atoms with van der Waals surface area (Å²) in [5.41, 5.74) is 3.47. The molecule has 112 valence electrons. The number of hydrogen-bond donors (Lipinski definition) is 0. The minimum absolute atomic E-state index is 0.101. The third-order valence-electron chi connectivity index (χ3n) is 3.30. The van der Waals surface area contributed by atoms with Gasteiger partial charge in [0.25, 0.3) is 5.91 Å². The Morgan fingerprint density at radius 3 is 2.82 bits per heavy atom. The molecule has 0 spiro atoms. The molecule has 0 N–H and O–H groups in total. The zero-order valence-corrected chi connectivity index (χ0v) is 13.8. The summed E-state index contributed by atoms with van der Waals surface area (Å²) >= 11 is 3.47. The van der Waals surface area contributed by atoms with Crippen LogP contribution in [0, 0.1) is 13.8 Å². The maximum atomic E-state index is 12.3. The van der Waals surface area contributed by atoms with E-state index in [1.54, 1.807) is 6.07 Å². The molecule has 0 unspecified atom stereocenters. The van der Waals surface area contributed by atoms with Crippen molar-refractivity contribution < 1.29 is 9.53 Å². The molecule has 0 aliphatic rings. The first-order valence-electron chi connectivity index (χ1n) is 6.79. The van der Waals surface area contributed by atoms with Crippen LogP contribution in [0.5, 0.6) is 5.75 Å². The van der Waals surface area contributed by atoms with E-state index in [1.165, 1.54) is 4.68 Å². The highest BCUT2D eigenvalue weighted by Gasteiger charge is 2.14. The first-order chi connectivity index (χ1) is 10.6. The number of carbonyl (C=O) groups excluding carboxylic acids is 1. The van der Waals surface area contributed by atoms with Crippen molar-refractivity contribution in [2.45, 2.75) is 13.8 Å². The highest BCUT2D eigenvalue weighted by molar-refractivity contribution is 9.10. The Labute approximate surface area is 136 Å². The second-order valence-corrected chi connectivity index (χ2v) is 5.92. The lowest BCUT2D eigenvalue weighted by Crippen LogP contribution is -2.20. The molecular weight excluding hydrogens is 346 g/mol. The SMILES string of the molecule is Cc1cc(C)c(OCC(=O)n2nnc3ccccc32)c(Br)c1. The third kappa shape index (κ3) is 2.74. The minimum atomic E-state index is -0.263. The molecule has 1 heterocycles. The minimum Gasteiger partial charge on any atom is -0.482 e. The van der Waals surface area contributed by atoms with Crippen LogP contribution in [0.4, 0.5) is 0 Å². The van der Waals surface area contributed by atoms with Crippen LogP contribution in [0.3, 0.4) is 0 Å². The van der Waals surface area contributed by atoms with E-state index >= 15 is 0 Å². The van der Waals surface area contributed by atoms with Crippen LogP contribution in [0.1, 0.15) is 15.9 Å². The van der Waals surface area contributed by atoms with Crippen molar-refractivity contribution in [2.75, 3.05) is 6.61 Å². The zero-order chi connectivity index (χ0) is 15.7. The van der Waals surface area contributed by atoms with Crippen molar-refractivity contribution in [3.05, 3.63) is 52.0 Å². The zero-order valence-electron chi connectivity index (χ0n) is 12.2. The fourth-order valence-electron chi connectivity index (χ4n) is 2.33. The highest BCUT2D eigenvalue weighted by atomic mass is 79.9. The number of halogens is 1. The van der Waals surface area contributed by atoms with Gasteiger partial charge in [-0.3, -0.25) is 4.79 Å². The maximum absolute atomic E-state index is 12.3. The number of fused-ring (bicyclic) bond motifs is 1. The molecule has 2 aromatic carbocycles. The fraction of sp³-hybridized carbons (Fsp3) is 0.188. The van der Waals surface area contributed by atoms with Crippen molar-refractivity contribution in [2.24, 2.45) is 0 Å². The van der Waals surface area contributed by atoms with Gasteiger partial charge in [0.15, 0.2) is 6.61 Å². The molecule has 0 radical (unpaired) electrons. The molecule has 0 aliphatic heterocycles. The summed E-state index contributed by atoms with van der Waals surface area (Å²) in [5, 5.41) is 7.86. The molecule has 1 aromatic heterocycles. The van der Waals surface area contributed by atoms with E-state index < -0.39 is 0 Å². The number of para-hydroxylation sites is 1. The van der Waals surface area contributed by atoms with Gasteiger partial charge in [-0.2, -0.15) is 4.68 Å². The van der Waals surface area contributed by atoms with E-state index in [2.05, 4.69) is 26.2 Å². The summed E-state index contributed by atoms with van der Waals surface area (Å²) in [6.07, 6.45) is 0. The Morgan fingerprint density at radius 1 is 1.27 bits per heavy atom. The van der Waals surface area contributed by atoms with Crippen molar-refractivity contribution >= 4 is 32.9 Å². The molecule has 3 rings (SSSR count). The van der Waals surface area contributed by atoms with E-state index in [1.807, 2.05) is 44.2 Å². The quantitative estimate of drug-likeness (QED) is 0.717. The van der Waals surface area contributed by atoms with Crippen LogP contribution in [0.2, 0.25) is 0 Å². The Kier molecular flexibility index (Phi) is 3.94. The van der Waals surface area contributed by atoms with E-state index in [0.29, 0.717) is 16.8 Å². The topological polar surface area (TPSA) is 57.0 Å². The smallest absolute Gasteiger partial charge is 0.286 e. The number of hydrogen-bond acceptors (Lipinski definition) is 4. The molecule has 3 aromatic rings. The molecule has 0 saturated heterocycles. The normalized spacial score (nSPS) is 10.9. The van der Waals surface area contributed by atoms with E-state index in [0.717, 1.165) is 15.6 Å². The first-order valence-corrected chi connectivity index (χ1v) is 7.59. The molecule has 0 bridgehead atoms. The second-order valence-electron chi connectivity index (χ2n) is 5.07. The van der Waals surface area contributed by atoms with Gasteiger partial charge < -0.3 is 4.74 Å². The lowest BCUT2D eigenvalue weighted by Gasteiger charge is -2.11. The molecule has 22 heavy (non-hydrogen) atoms. The Morgan fingerprint density at radius 2 is 2.05 bits per heavy atom. The molecule has 0 aliphatic carbocycles.